The zero-order valence-corrected chi connectivity index (χ0v) is 70.0. The first-order valence-corrected chi connectivity index (χ1v) is 43.9. The fourth-order valence-electron chi connectivity index (χ4n) is 9.51. The van der Waals surface area contributed by atoms with E-state index < -0.39 is 97.5 Å². The van der Waals surface area contributed by atoms with Crippen molar-refractivity contribution in [3.63, 3.8) is 0 Å². The summed E-state index contributed by atoms with van der Waals surface area (Å²) in [7, 11) is -10.1. The third kappa shape index (κ3) is 80.6. The number of rotatable bonds is 73. The maximum atomic E-state index is 13.1. The van der Waals surface area contributed by atoms with E-state index in [9.17, 15) is 43.2 Å². The molecule has 0 aromatic rings. The fraction of sp³-hybridized carbons (Fsp3) is 0.505. The smallest absolute Gasteiger partial charge is 0.462 e. The minimum atomic E-state index is -5.04. The van der Waals surface area contributed by atoms with Crippen LogP contribution in [-0.4, -0.2) is 96.7 Å². The van der Waals surface area contributed by atoms with Gasteiger partial charge in [-0.25, -0.2) is 9.13 Å². The molecule has 0 aliphatic rings. The van der Waals surface area contributed by atoms with Gasteiger partial charge >= 0.3 is 39.5 Å². The third-order valence-corrected chi connectivity index (χ3v) is 17.5. The van der Waals surface area contributed by atoms with Crippen LogP contribution in [0.25, 0.3) is 0 Å². The maximum Gasteiger partial charge on any atom is 0.472 e. The number of aliphatic hydroxyl groups excluding tert-OH is 1. The molecule has 5 unspecified atom stereocenters. The molecule has 624 valence electrons. The highest BCUT2D eigenvalue weighted by atomic mass is 31.2. The molecule has 19 heteroatoms. The van der Waals surface area contributed by atoms with E-state index in [0.717, 1.165) is 154 Å². The number of carbonyl (C=O) groups is 4. The monoisotopic (exact) mass is 1590 g/mol. The van der Waals surface area contributed by atoms with E-state index in [-0.39, 0.29) is 25.7 Å². The number of aliphatic hydroxyl groups is 1. The molecule has 0 rings (SSSR count). The summed E-state index contributed by atoms with van der Waals surface area (Å²) in [4.78, 5) is 73.1. The second-order valence-electron chi connectivity index (χ2n) is 25.8. The summed E-state index contributed by atoms with van der Waals surface area (Å²) in [6.07, 6.45) is 109. The Bertz CT molecular complexity index is 3140. The molecule has 0 bridgehead atoms. The molecule has 0 aliphatic heterocycles. The Balaban J connectivity index is 5.62. The first-order chi connectivity index (χ1) is 54.7. The molecule has 0 saturated heterocycles. The number of carbonyl (C=O) groups excluding carboxylic acids is 4. The normalized spacial score (nSPS) is 15.1. The first-order valence-electron chi connectivity index (χ1n) is 40.9. The van der Waals surface area contributed by atoms with Crippen LogP contribution in [0.4, 0.5) is 0 Å². The van der Waals surface area contributed by atoms with E-state index in [1.165, 1.54) is 0 Å². The summed E-state index contributed by atoms with van der Waals surface area (Å²) in [6.45, 7) is 4.06. The van der Waals surface area contributed by atoms with Crippen molar-refractivity contribution >= 4 is 39.5 Å². The largest absolute Gasteiger partial charge is 0.472 e. The molecule has 5 atom stereocenters. The molecule has 0 saturated carbocycles. The van der Waals surface area contributed by atoms with Crippen LogP contribution < -0.4 is 0 Å². The lowest BCUT2D eigenvalue weighted by Gasteiger charge is -2.21. The molecule has 0 aromatic carbocycles. The van der Waals surface area contributed by atoms with Crippen molar-refractivity contribution in [3.05, 3.63) is 255 Å². The van der Waals surface area contributed by atoms with Crippen LogP contribution in [0.1, 0.15) is 246 Å². The molecule has 0 heterocycles. The van der Waals surface area contributed by atoms with Gasteiger partial charge in [-0.05, 0) is 167 Å². The number of hydrogen-bond donors (Lipinski definition) is 3. The van der Waals surface area contributed by atoms with Crippen LogP contribution in [-0.2, 0) is 65.4 Å². The highest BCUT2D eigenvalue weighted by Crippen LogP contribution is 2.45. The number of hydrogen-bond acceptors (Lipinski definition) is 15. The van der Waals surface area contributed by atoms with Gasteiger partial charge in [-0.2, -0.15) is 0 Å². The molecule has 0 aliphatic carbocycles. The van der Waals surface area contributed by atoms with Crippen molar-refractivity contribution in [1.29, 1.82) is 0 Å². The molecule has 0 amide bonds. The predicted octanol–water partition coefficient (Wildman–Crippen LogP) is 24.5. The number of esters is 4. The number of phosphoric ester groups is 2. The van der Waals surface area contributed by atoms with Crippen LogP contribution in [0.5, 0.6) is 0 Å². The third-order valence-electron chi connectivity index (χ3n) is 15.6. The Morgan fingerprint density at radius 2 is 0.491 bits per heavy atom. The van der Waals surface area contributed by atoms with Gasteiger partial charge in [0.25, 0.3) is 0 Å². The highest BCUT2D eigenvalue weighted by Gasteiger charge is 2.30. The SMILES string of the molecule is CC/C=C\C/C=C\C/C=C\C/C=C\C/C=C\C/C=C\CCC(=O)OCC(COP(=O)(O)OCC(O)COP(=O)(O)OCC(COC(=O)CCCCCCCC/C=C\C/C=C\C/C=C\C/C=C\CC)OC(=O)C/C=C\C/C=C\C/C=C\C/C=C\C/C=C\CC)OC(=O)CC/C=C\C/C=C\C/C=C\C/C=C\C/C=C\C/C=C\CC. The molecular weight excluding hydrogens is 1450 g/mol. The van der Waals surface area contributed by atoms with Crippen molar-refractivity contribution in [2.75, 3.05) is 39.6 Å². The Labute approximate surface area is 675 Å². The summed E-state index contributed by atoms with van der Waals surface area (Å²) in [5, 5.41) is 10.7. The van der Waals surface area contributed by atoms with Crippen LogP contribution in [0, 0.1) is 0 Å². The van der Waals surface area contributed by atoms with Crippen molar-refractivity contribution in [2.24, 2.45) is 0 Å². The summed E-state index contributed by atoms with van der Waals surface area (Å²) < 4.78 is 68.4. The lowest BCUT2D eigenvalue weighted by Crippen LogP contribution is -2.30. The number of allylic oxidation sites excluding steroid dienone is 41. The number of unbranched alkanes of at least 4 members (excludes halogenated alkanes) is 6. The van der Waals surface area contributed by atoms with E-state index in [1.54, 1.807) is 12.2 Å². The van der Waals surface area contributed by atoms with Crippen molar-refractivity contribution in [1.82, 2.24) is 0 Å². The summed E-state index contributed by atoms with van der Waals surface area (Å²) in [5.41, 5.74) is 0. The van der Waals surface area contributed by atoms with E-state index in [1.807, 2.05) is 48.6 Å². The summed E-state index contributed by atoms with van der Waals surface area (Å²) in [5.74, 6) is -2.58. The molecular formula is C93H140O17P2. The minimum Gasteiger partial charge on any atom is -0.462 e. The maximum absolute atomic E-state index is 13.1. The highest BCUT2D eigenvalue weighted by molar-refractivity contribution is 7.47. The first kappa shape index (κ1) is 105. The standard InChI is InChI=1S/C93H140O17P2/c1-5-9-13-17-21-25-29-33-37-40-43-46-50-53-57-61-65-69-73-77-90(95)103-83-88(109-92(97)79-75-71-67-63-59-55-49-36-32-28-24-20-16-12-8-4)85-107-111(99,100)105-81-87(94)82-106-112(101,102)108-86-89(110-93(98)80-76-72-68-64-60-56-52-48-45-42-39-35-31-27-23-19-15-11-7-3)84-104-91(96)78-74-70-66-62-58-54-51-47-44-41-38-34-30-26-22-18-14-10-6-2/h9-16,21-28,33-39,43-49,54,56,58-60,63,66,68,70-72,75,87-89,94H,5-8,17-20,29-32,40-42,50-53,55,57,61-62,64-65,67,69,73-74,76-86H2,1-4H3,(H,99,100)(H,101,102)/b13-9-,14-10-,15-11-,16-12-,25-21-,26-22-,27-23-,28-24-,37-33-,38-34-,39-35-,46-43-,47-44-,48-45-,49-36-,58-54-,60-56-,63-59-,70-66-,72-68-,75-71-. The van der Waals surface area contributed by atoms with Gasteiger partial charge in [-0.1, -0.05) is 309 Å². The molecule has 0 spiro atoms. The predicted molar refractivity (Wildman–Crippen MR) is 463 cm³/mol. The van der Waals surface area contributed by atoms with Gasteiger partial charge < -0.3 is 33.8 Å². The lowest BCUT2D eigenvalue weighted by atomic mass is 10.1. The molecule has 0 radical (unpaired) electrons. The van der Waals surface area contributed by atoms with Crippen molar-refractivity contribution in [3.8, 4) is 0 Å². The van der Waals surface area contributed by atoms with E-state index in [4.69, 9.17) is 37.0 Å². The molecule has 0 aromatic heterocycles. The van der Waals surface area contributed by atoms with E-state index in [2.05, 4.69) is 222 Å². The zero-order chi connectivity index (χ0) is 81.7. The topological polar surface area (TPSA) is 237 Å². The van der Waals surface area contributed by atoms with E-state index >= 15 is 0 Å². The van der Waals surface area contributed by atoms with Gasteiger partial charge in [0.05, 0.1) is 32.8 Å². The van der Waals surface area contributed by atoms with Crippen LogP contribution in [0.15, 0.2) is 255 Å². The van der Waals surface area contributed by atoms with Gasteiger partial charge in [-0.15, -0.1) is 0 Å². The second kappa shape index (κ2) is 81.6. The van der Waals surface area contributed by atoms with Gasteiger partial charge in [0.1, 0.15) is 19.3 Å². The Morgan fingerprint density at radius 3 is 0.804 bits per heavy atom. The summed E-state index contributed by atoms with van der Waals surface area (Å²) in [6, 6.07) is 0. The second-order valence-corrected chi connectivity index (χ2v) is 28.8. The quantitative estimate of drug-likeness (QED) is 0.0169. The fourth-order valence-corrected chi connectivity index (χ4v) is 11.1. The Morgan fingerprint density at radius 1 is 0.259 bits per heavy atom. The van der Waals surface area contributed by atoms with Gasteiger partial charge in [0, 0.05) is 19.3 Å². The van der Waals surface area contributed by atoms with Crippen LogP contribution in [0.3, 0.4) is 0 Å². The Kier molecular flexibility index (Phi) is 76.2. The minimum absolute atomic E-state index is 0.00569. The number of ether oxygens (including phenoxy) is 4. The van der Waals surface area contributed by atoms with Crippen molar-refractivity contribution in [2.45, 2.75) is 264 Å². The lowest BCUT2D eigenvalue weighted by molar-refractivity contribution is -0.161. The van der Waals surface area contributed by atoms with Crippen LogP contribution >= 0.6 is 15.6 Å². The molecule has 3 N–H and O–H groups in total. The zero-order valence-electron chi connectivity index (χ0n) is 68.2. The molecule has 112 heavy (non-hydrogen) atoms. The van der Waals surface area contributed by atoms with Gasteiger partial charge in [0.2, 0.25) is 0 Å². The average molecular weight is 1590 g/mol. The van der Waals surface area contributed by atoms with Gasteiger partial charge in [0.15, 0.2) is 12.2 Å². The average Bonchev–Trinajstić information content (AvgIpc) is 0.898. The summed E-state index contributed by atoms with van der Waals surface area (Å²) >= 11 is 0. The molecule has 0 fully saturated rings. The van der Waals surface area contributed by atoms with E-state index in [0.29, 0.717) is 38.5 Å². The molecule has 17 nitrogen and oxygen atoms in total. The van der Waals surface area contributed by atoms with Gasteiger partial charge in [-0.3, -0.25) is 37.3 Å². The van der Waals surface area contributed by atoms with Crippen molar-refractivity contribution < 1.29 is 80.2 Å². The Hall–Kier alpha value is -7.40. The van der Waals surface area contributed by atoms with Crippen LogP contribution in [0.2, 0.25) is 0 Å². The number of phosphoric acid groups is 2.